The number of benzene rings is 6. The number of pyridine rings is 1. The molecule has 6 aromatic carbocycles. The zero-order valence-electron chi connectivity index (χ0n) is 22.8. The second-order valence-corrected chi connectivity index (χ2v) is 10.5. The van der Waals surface area contributed by atoms with Crippen molar-refractivity contribution in [3.63, 3.8) is 0 Å². The van der Waals surface area contributed by atoms with Gasteiger partial charge in [0, 0.05) is 29.1 Å². The Kier molecular flexibility index (Phi) is 5.79. The Morgan fingerprint density at radius 2 is 1.00 bits per heavy atom. The quantitative estimate of drug-likeness (QED) is 0.211. The fourth-order valence-electron chi connectivity index (χ4n) is 5.92. The highest BCUT2D eigenvalue weighted by Crippen LogP contribution is 2.39. The highest BCUT2D eigenvalue weighted by atomic mass is 14.9. The van der Waals surface area contributed by atoms with E-state index in [-0.39, 0.29) is 0 Å². The monoisotopic (exact) mass is 535 g/mol. The third-order valence-corrected chi connectivity index (χ3v) is 7.98. The van der Waals surface area contributed by atoms with Gasteiger partial charge in [-0.15, -0.1) is 0 Å². The van der Waals surface area contributed by atoms with Crippen molar-refractivity contribution in [2.45, 2.75) is 0 Å². The van der Waals surface area contributed by atoms with Crippen molar-refractivity contribution in [3.05, 3.63) is 152 Å². The highest BCUT2D eigenvalue weighted by Gasteiger charge is 2.15. The molecule has 8 rings (SSSR count). The summed E-state index contributed by atoms with van der Waals surface area (Å²) in [5, 5.41) is 7.39. The zero-order chi connectivity index (χ0) is 27.9. The Hall–Kier alpha value is -5.67. The van der Waals surface area contributed by atoms with Gasteiger partial charge in [-0.3, -0.25) is 4.98 Å². The van der Waals surface area contributed by atoms with E-state index in [4.69, 9.17) is 9.97 Å². The Bertz CT molecular complexity index is 2220. The minimum atomic E-state index is 0.704. The van der Waals surface area contributed by atoms with E-state index >= 15 is 0 Å². The molecule has 0 atom stereocenters. The second kappa shape index (κ2) is 10.1. The van der Waals surface area contributed by atoms with Crippen LogP contribution >= 0.6 is 0 Å². The predicted octanol–water partition coefficient (Wildman–Crippen LogP) is 10.00. The first-order valence-corrected chi connectivity index (χ1v) is 14.1. The third-order valence-electron chi connectivity index (χ3n) is 7.98. The molecule has 0 bridgehead atoms. The summed E-state index contributed by atoms with van der Waals surface area (Å²) < 4.78 is 0. The van der Waals surface area contributed by atoms with Crippen LogP contribution in [0, 0.1) is 0 Å². The first kappa shape index (κ1) is 24.2. The van der Waals surface area contributed by atoms with Crippen molar-refractivity contribution in [2.75, 3.05) is 0 Å². The summed E-state index contributed by atoms with van der Waals surface area (Å²) in [6, 6.07) is 49.0. The molecule has 2 heterocycles. The van der Waals surface area contributed by atoms with E-state index in [2.05, 4.69) is 126 Å². The maximum absolute atomic E-state index is 5.20. The van der Waals surface area contributed by atoms with Crippen LogP contribution in [0.1, 0.15) is 0 Å². The van der Waals surface area contributed by atoms with E-state index < -0.39 is 0 Å². The standard InChI is InChI=1S/C39H25N3/c1-2-9-29(10-3-1)36-25-37(42-39(41-36)30-17-14-26(15-18-30)27-20-22-40-23-21-27)35-24-31-19-16-28-8-4-5-11-32(28)38(31)34-13-7-6-12-33(34)35/h1-25H. The molecule has 0 radical (unpaired) electrons. The van der Waals surface area contributed by atoms with E-state index in [0.717, 1.165) is 39.2 Å². The predicted molar refractivity (Wildman–Crippen MR) is 174 cm³/mol. The smallest absolute Gasteiger partial charge is 0.160 e. The van der Waals surface area contributed by atoms with Crippen molar-refractivity contribution in [2.24, 2.45) is 0 Å². The fraction of sp³-hybridized carbons (Fsp3) is 0. The Balaban J connectivity index is 1.36. The molecule has 0 amide bonds. The van der Waals surface area contributed by atoms with E-state index in [9.17, 15) is 0 Å². The van der Waals surface area contributed by atoms with Gasteiger partial charge in [0.15, 0.2) is 5.82 Å². The van der Waals surface area contributed by atoms with Gasteiger partial charge in [0.25, 0.3) is 0 Å². The molecule has 0 aliphatic carbocycles. The molecular formula is C39H25N3. The minimum absolute atomic E-state index is 0.704. The number of fused-ring (bicyclic) bond motifs is 5. The molecule has 0 aliphatic heterocycles. The van der Waals surface area contributed by atoms with Crippen LogP contribution in [0.5, 0.6) is 0 Å². The SMILES string of the molecule is c1ccc(-c2cc(-c3cc4ccc5ccccc5c4c4ccccc34)nc(-c3ccc(-c4ccncc4)cc3)n2)cc1. The topological polar surface area (TPSA) is 38.7 Å². The molecule has 0 saturated carbocycles. The molecule has 0 spiro atoms. The summed E-state index contributed by atoms with van der Waals surface area (Å²) in [7, 11) is 0. The molecule has 0 fully saturated rings. The van der Waals surface area contributed by atoms with Crippen LogP contribution in [-0.2, 0) is 0 Å². The van der Waals surface area contributed by atoms with E-state index in [1.165, 1.54) is 32.3 Å². The molecule has 0 N–H and O–H groups in total. The maximum Gasteiger partial charge on any atom is 0.160 e. The van der Waals surface area contributed by atoms with Gasteiger partial charge in [0.05, 0.1) is 11.4 Å². The highest BCUT2D eigenvalue weighted by molar-refractivity contribution is 6.23. The molecule has 3 nitrogen and oxygen atoms in total. The lowest BCUT2D eigenvalue weighted by Crippen LogP contribution is -1.97. The van der Waals surface area contributed by atoms with Gasteiger partial charge < -0.3 is 0 Å². The molecule has 0 saturated heterocycles. The Morgan fingerprint density at radius 3 is 1.81 bits per heavy atom. The van der Waals surface area contributed by atoms with Crippen LogP contribution in [0.3, 0.4) is 0 Å². The summed E-state index contributed by atoms with van der Waals surface area (Å²) in [6.07, 6.45) is 3.64. The van der Waals surface area contributed by atoms with Gasteiger partial charge in [-0.05, 0) is 67.7 Å². The van der Waals surface area contributed by atoms with E-state index in [1.807, 2.05) is 30.6 Å². The van der Waals surface area contributed by atoms with Gasteiger partial charge in [-0.1, -0.05) is 115 Å². The van der Waals surface area contributed by atoms with Crippen molar-refractivity contribution in [1.82, 2.24) is 15.0 Å². The molecule has 0 unspecified atom stereocenters. The number of aromatic nitrogens is 3. The molecule has 3 heteroatoms. The number of hydrogen-bond acceptors (Lipinski definition) is 3. The molecule has 8 aromatic rings. The normalized spacial score (nSPS) is 11.3. The lowest BCUT2D eigenvalue weighted by Gasteiger charge is -2.14. The first-order valence-electron chi connectivity index (χ1n) is 14.1. The van der Waals surface area contributed by atoms with Crippen molar-refractivity contribution >= 4 is 32.3 Å². The summed E-state index contributed by atoms with van der Waals surface area (Å²) in [5.74, 6) is 0.704. The summed E-state index contributed by atoms with van der Waals surface area (Å²) in [5.41, 5.74) is 7.21. The molecule has 2 aromatic heterocycles. The average Bonchev–Trinajstić information content (AvgIpc) is 3.08. The van der Waals surface area contributed by atoms with Crippen LogP contribution in [0.15, 0.2) is 152 Å². The molecular weight excluding hydrogens is 510 g/mol. The fourth-order valence-corrected chi connectivity index (χ4v) is 5.92. The van der Waals surface area contributed by atoms with Crippen LogP contribution < -0.4 is 0 Å². The van der Waals surface area contributed by atoms with Gasteiger partial charge in [0.2, 0.25) is 0 Å². The van der Waals surface area contributed by atoms with Gasteiger partial charge in [0.1, 0.15) is 0 Å². The number of rotatable bonds is 4. The second-order valence-electron chi connectivity index (χ2n) is 10.5. The van der Waals surface area contributed by atoms with Crippen LogP contribution in [-0.4, -0.2) is 15.0 Å². The molecule has 0 aliphatic rings. The Morgan fingerprint density at radius 1 is 0.381 bits per heavy atom. The summed E-state index contributed by atoms with van der Waals surface area (Å²) in [4.78, 5) is 14.4. The van der Waals surface area contributed by atoms with Crippen molar-refractivity contribution < 1.29 is 0 Å². The largest absolute Gasteiger partial charge is 0.265 e. The average molecular weight is 536 g/mol. The van der Waals surface area contributed by atoms with Crippen LogP contribution in [0.4, 0.5) is 0 Å². The lowest BCUT2D eigenvalue weighted by atomic mass is 9.92. The summed E-state index contributed by atoms with van der Waals surface area (Å²) >= 11 is 0. The third kappa shape index (κ3) is 4.20. The zero-order valence-corrected chi connectivity index (χ0v) is 22.8. The summed E-state index contributed by atoms with van der Waals surface area (Å²) in [6.45, 7) is 0. The Labute approximate surface area is 243 Å². The van der Waals surface area contributed by atoms with Crippen molar-refractivity contribution in [1.29, 1.82) is 0 Å². The number of nitrogens with zero attached hydrogens (tertiary/aromatic N) is 3. The lowest BCUT2D eigenvalue weighted by molar-refractivity contribution is 1.19. The molecule has 196 valence electrons. The van der Waals surface area contributed by atoms with Gasteiger partial charge >= 0.3 is 0 Å². The van der Waals surface area contributed by atoms with E-state index in [0.29, 0.717) is 5.82 Å². The van der Waals surface area contributed by atoms with E-state index in [1.54, 1.807) is 0 Å². The first-order chi connectivity index (χ1) is 20.8. The molecule has 42 heavy (non-hydrogen) atoms. The van der Waals surface area contributed by atoms with Crippen LogP contribution in [0.2, 0.25) is 0 Å². The number of hydrogen-bond donors (Lipinski definition) is 0. The minimum Gasteiger partial charge on any atom is -0.265 e. The van der Waals surface area contributed by atoms with Gasteiger partial charge in [-0.2, -0.15) is 0 Å². The van der Waals surface area contributed by atoms with Gasteiger partial charge in [-0.25, -0.2) is 9.97 Å². The maximum atomic E-state index is 5.20. The van der Waals surface area contributed by atoms with Crippen molar-refractivity contribution in [3.8, 4) is 45.0 Å². The van der Waals surface area contributed by atoms with Crippen LogP contribution in [0.25, 0.3) is 77.3 Å².